The van der Waals surface area contributed by atoms with E-state index in [2.05, 4.69) is 0 Å². The first-order valence-electron chi connectivity index (χ1n) is 9.90. The zero-order valence-electron chi connectivity index (χ0n) is 17.9. The maximum absolute atomic E-state index is 13.9. The summed E-state index contributed by atoms with van der Waals surface area (Å²) in [6, 6.07) is 15.6. The van der Waals surface area contributed by atoms with E-state index in [0.29, 0.717) is 5.75 Å². The van der Waals surface area contributed by atoms with Gasteiger partial charge in [-0.25, -0.2) is 4.79 Å². The van der Waals surface area contributed by atoms with Gasteiger partial charge in [0.15, 0.2) is 0 Å². The Morgan fingerprint density at radius 2 is 1.65 bits per heavy atom. The van der Waals surface area contributed by atoms with Crippen molar-refractivity contribution in [3.05, 3.63) is 88.3 Å². The van der Waals surface area contributed by atoms with Gasteiger partial charge in [0.05, 0.1) is 30.7 Å². The van der Waals surface area contributed by atoms with Crippen molar-refractivity contribution in [1.29, 1.82) is 0 Å². The predicted molar refractivity (Wildman–Crippen MR) is 117 cm³/mol. The van der Waals surface area contributed by atoms with Crippen LogP contribution in [0.25, 0.3) is 22.1 Å². The monoisotopic (exact) mass is 470 g/mol. The number of hydrogen-bond acceptors (Lipinski definition) is 6. The number of carbonyl (C=O) groups is 1. The smallest absolute Gasteiger partial charge is 0.450 e. The van der Waals surface area contributed by atoms with Gasteiger partial charge in [-0.15, -0.1) is 0 Å². The van der Waals surface area contributed by atoms with Crippen molar-refractivity contribution in [3.63, 3.8) is 0 Å². The molecular weight excluding hydrogens is 453 g/mol. The average molecular weight is 470 g/mol. The van der Waals surface area contributed by atoms with E-state index >= 15 is 0 Å². The number of methoxy groups -OCH3 is 2. The van der Waals surface area contributed by atoms with Gasteiger partial charge in [-0.2, -0.15) is 13.2 Å². The molecule has 0 N–H and O–H groups in total. The Hall–Kier alpha value is -4.27. The van der Waals surface area contributed by atoms with Gasteiger partial charge < -0.3 is 18.6 Å². The molecule has 0 aliphatic rings. The molecule has 34 heavy (non-hydrogen) atoms. The van der Waals surface area contributed by atoms with Crippen molar-refractivity contribution >= 4 is 16.9 Å². The van der Waals surface area contributed by atoms with E-state index in [-0.39, 0.29) is 33.6 Å². The van der Waals surface area contributed by atoms with Crippen LogP contribution in [0, 0.1) is 0 Å². The lowest BCUT2D eigenvalue weighted by Gasteiger charge is -2.15. The Bertz CT molecular complexity index is 1440. The van der Waals surface area contributed by atoms with Crippen molar-refractivity contribution in [2.24, 2.45) is 0 Å². The fraction of sp³-hybridized carbons (Fsp3) is 0.120. The molecule has 9 heteroatoms. The van der Waals surface area contributed by atoms with Crippen molar-refractivity contribution in [3.8, 4) is 28.4 Å². The van der Waals surface area contributed by atoms with Crippen LogP contribution in [0.1, 0.15) is 16.1 Å². The number of esters is 1. The van der Waals surface area contributed by atoms with E-state index in [1.165, 1.54) is 56.7 Å². The predicted octanol–water partition coefficient (Wildman–Crippen LogP) is 5.72. The van der Waals surface area contributed by atoms with Crippen molar-refractivity contribution in [2.75, 3.05) is 14.2 Å². The lowest BCUT2D eigenvalue weighted by atomic mass is 10.0. The normalized spacial score (nSPS) is 11.3. The highest BCUT2D eigenvalue weighted by Crippen LogP contribution is 2.40. The standard InChI is InChI=1S/C25H17F3O6/c1-31-15-7-5-6-14(12-15)24(30)33-16-10-11-18-20(13-16)34-23(25(26,27)28)21(22(18)29)17-8-3-4-9-19(17)32-2/h3-13H,1-2H3. The van der Waals surface area contributed by atoms with E-state index in [9.17, 15) is 22.8 Å². The molecule has 0 unspecified atom stereocenters. The van der Waals surface area contributed by atoms with Gasteiger partial charge in [0, 0.05) is 11.6 Å². The van der Waals surface area contributed by atoms with Crippen LogP contribution in [0.3, 0.4) is 0 Å². The molecule has 1 aromatic heterocycles. The molecule has 0 amide bonds. The maximum atomic E-state index is 13.9. The topological polar surface area (TPSA) is 75.0 Å². The van der Waals surface area contributed by atoms with Crippen LogP contribution in [0.4, 0.5) is 13.2 Å². The fourth-order valence-corrected chi connectivity index (χ4v) is 3.45. The second-order valence-corrected chi connectivity index (χ2v) is 7.11. The van der Waals surface area contributed by atoms with Crippen LogP contribution in [0.5, 0.6) is 17.2 Å². The van der Waals surface area contributed by atoms with Crippen LogP contribution >= 0.6 is 0 Å². The van der Waals surface area contributed by atoms with Crippen LogP contribution in [-0.4, -0.2) is 20.2 Å². The van der Waals surface area contributed by atoms with E-state index in [4.69, 9.17) is 18.6 Å². The first-order chi connectivity index (χ1) is 16.2. The minimum Gasteiger partial charge on any atom is -0.497 e. The van der Waals surface area contributed by atoms with Crippen LogP contribution in [0.15, 0.2) is 75.9 Å². The molecule has 0 atom stereocenters. The van der Waals surface area contributed by atoms with Crippen molar-refractivity contribution in [1.82, 2.24) is 0 Å². The molecule has 0 radical (unpaired) electrons. The molecule has 4 rings (SSSR count). The second kappa shape index (κ2) is 8.93. The molecule has 0 spiro atoms. The highest BCUT2D eigenvalue weighted by Gasteiger charge is 2.40. The maximum Gasteiger partial charge on any atom is 0.450 e. The molecule has 0 bridgehead atoms. The summed E-state index contributed by atoms with van der Waals surface area (Å²) in [5.74, 6) is -1.82. The van der Waals surface area contributed by atoms with E-state index in [1.807, 2.05) is 0 Å². The van der Waals surface area contributed by atoms with Crippen LogP contribution < -0.4 is 19.6 Å². The minimum absolute atomic E-state index is 0.0542. The molecule has 0 saturated heterocycles. The molecule has 1 heterocycles. The molecule has 0 fully saturated rings. The van der Waals surface area contributed by atoms with Gasteiger partial charge in [-0.3, -0.25) is 4.79 Å². The summed E-state index contributed by atoms with van der Waals surface area (Å²) in [7, 11) is 2.73. The Kier molecular flexibility index (Phi) is 6.02. The van der Waals surface area contributed by atoms with Crippen molar-refractivity contribution < 1.29 is 36.6 Å². The number of carbonyl (C=O) groups excluding carboxylic acids is 1. The Morgan fingerprint density at radius 3 is 2.35 bits per heavy atom. The number of ether oxygens (including phenoxy) is 3. The highest BCUT2D eigenvalue weighted by atomic mass is 19.4. The van der Waals surface area contributed by atoms with Gasteiger partial charge in [0.2, 0.25) is 11.2 Å². The number of halogens is 3. The zero-order valence-corrected chi connectivity index (χ0v) is 17.9. The zero-order chi connectivity index (χ0) is 24.5. The minimum atomic E-state index is -4.98. The Morgan fingerprint density at radius 1 is 0.882 bits per heavy atom. The molecular formula is C25H17F3O6. The van der Waals surface area contributed by atoms with Crippen LogP contribution in [0.2, 0.25) is 0 Å². The average Bonchev–Trinajstić information content (AvgIpc) is 2.83. The number of hydrogen-bond donors (Lipinski definition) is 0. The lowest BCUT2D eigenvalue weighted by Crippen LogP contribution is -2.16. The van der Waals surface area contributed by atoms with E-state index < -0.39 is 28.9 Å². The Balaban J connectivity index is 1.83. The third-order valence-electron chi connectivity index (χ3n) is 5.01. The summed E-state index contributed by atoms with van der Waals surface area (Å²) in [6.45, 7) is 0. The summed E-state index contributed by atoms with van der Waals surface area (Å²) >= 11 is 0. The molecule has 4 aromatic rings. The van der Waals surface area contributed by atoms with Gasteiger partial charge in [-0.05, 0) is 36.4 Å². The Labute approximate surface area is 191 Å². The first-order valence-corrected chi connectivity index (χ1v) is 9.90. The summed E-state index contributed by atoms with van der Waals surface area (Å²) in [4.78, 5) is 25.6. The fourth-order valence-electron chi connectivity index (χ4n) is 3.45. The third-order valence-corrected chi connectivity index (χ3v) is 5.01. The number of rotatable bonds is 5. The molecule has 6 nitrogen and oxygen atoms in total. The molecule has 174 valence electrons. The second-order valence-electron chi connectivity index (χ2n) is 7.11. The van der Waals surface area contributed by atoms with E-state index in [1.54, 1.807) is 18.2 Å². The van der Waals surface area contributed by atoms with Crippen LogP contribution in [-0.2, 0) is 6.18 Å². The SMILES string of the molecule is COc1cccc(C(=O)Oc2ccc3c(=O)c(-c4ccccc4OC)c(C(F)(F)F)oc3c2)c1. The molecule has 0 aliphatic heterocycles. The highest BCUT2D eigenvalue weighted by molar-refractivity contribution is 5.92. The van der Waals surface area contributed by atoms with Gasteiger partial charge in [-0.1, -0.05) is 24.3 Å². The van der Waals surface area contributed by atoms with E-state index in [0.717, 1.165) is 6.07 Å². The molecule has 0 saturated carbocycles. The van der Waals surface area contributed by atoms with Gasteiger partial charge in [0.1, 0.15) is 22.8 Å². The lowest BCUT2D eigenvalue weighted by molar-refractivity contribution is -0.152. The summed E-state index contributed by atoms with van der Waals surface area (Å²) in [6.07, 6.45) is -4.98. The number of alkyl halides is 3. The molecule has 3 aromatic carbocycles. The summed E-state index contributed by atoms with van der Waals surface area (Å²) < 4.78 is 62.4. The van der Waals surface area contributed by atoms with Gasteiger partial charge >= 0.3 is 12.1 Å². The number of fused-ring (bicyclic) bond motifs is 1. The quantitative estimate of drug-likeness (QED) is 0.275. The van der Waals surface area contributed by atoms with Crippen molar-refractivity contribution in [2.45, 2.75) is 6.18 Å². The number of para-hydroxylation sites is 1. The van der Waals surface area contributed by atoms with Gasteiger partial charge in [0.25, 0.3) is 0 Å². The third kappa shape index (κ3) is 4.32. The number of benzene rings is 3. The summed E-state index contributed by atoms with van der Waals surface area (Å²) in [5.41, 5.74) is -1.83. The summed E-state index contributed by atoms with van der Waals surface area (Å²) in [5, 5.41) is -0.116. The first kappa shape index (κ1) is 22.9. The molecule has 0 aliphatic carbocycles. The largest absolute Gasteiger partial charge is 0.497 e.